The van der Waals surface area contributed by atoms with Crippen LogP contribution < -0.4 is 5.32 Å². The maximum atomic E-state index is 12.3. The van der Waals surface area contributed by atoms with Gasteiger partial charge < -0.3 is 10.2 Å². The molecule has 2 heterocycles. The molecule has 0 unspecified atom stereocenters. The molecule has 5 heteroatoms. The van der Waals surface area contributed by atoms with Gasteiger partial charge in [-0.1, -0.05) is 19.8 Å². The maximum Gasteiger partial charge on any atom is 0.234 e. The topological polar surface area (TPSA) is 48.5 Å². The fourth-order valence-corrected chi connectivity index (χ4v) is 4.05. The summed E-state index contributed by atoms with van der Waals surface area (Å²) in [4.78, 5) is 21.2. The lowest BCUT2D eigenvalue weighted by Gasteiger charge is -2.35. The van der Waals surface area contributed by atoms with E-state index in [1.54, 1.807) is 0 Å². The second-order valence-electron chi connectivity index (χ2n) is 7.76. The summed E-state index contributed by atoms with van der Waals surface area (Å²) >= 11 is 0. The Hall–Kier alpha value is -1.46. The molecule has 5 nitrogen and oxygen atoms in total. The molecule has 1 aromatic rings. The van der Waals surface area contributed by atoms with Gasteiger partial charge in [0.15, 0.2) is 0 Å². The van der Waals surface area contributed by atoms with Gasteiger partial charge in [0.1, 0.15) is 0 Å². The summed E-state index contributed by atoms with van der Waals surface area (Å²) in [6.45, 7) is 8.03. The summed E-state index contributed by atoms with van der Waals surface area (Å²) in [5, 5.41) is 3.25. The van der Waals surface area contributed by atoms with Crippen molar-refractivity contribution in [2.75, 3.05) is 39.3 Å². The third-order valence-electron chi connectivity index (χ3n) is 5.60. The first-order valence-electron chi connectivity index (χ1n) is 9.82. The van der Waals surface area contributed by atoms with Crippen molar-refractivity contribution in [1.82, 2.24) is 20.1 Å². The van der Waals surface area contributed by atoms with Crippen molar-refractivity contribution < 1.29 is 4.79 Å². The SMILES string of the molecule is C[C@@H]1CCC[C@@H](NC(=O)CN2CCN(CCc3ccncc3)CC2)C1. The Morgan fingerprint density at radius 3 is 2.60 bits per heavy atom. The van der Waals surface area contributed by atoms with Crippen LogP contribution in [0.2, 0.25) is 0 Å². The lowest BCUT2D eigenvalue weighted by Crippen LogP contribution is -2.51. The summed E-state index contributed by atoms with van der Waals surface area (Å²) in [6, 6.07) is 4.58. The van der Waals surface area contributed by atoms with Crippen LogP contribution in [-0.2, 0) is 11.2 Å². The van der Waals surface area contributed by atoms with Gasteiger partial charge in [-0.3, -0.25) is 14.7 Å². The second-order valence-corrected chi connectivity index (χ2v) is 7.76. The van der Waals surface area contributed by atoms with E-state index in [2.05, 4.69) is 39.2 Å². The standard InChI is InChI=1S/C20H32N4O/c1-17-3-2-4-19(15-17)22-20(25)16-24-13-11-23(12-14-24)10-7-18-5-8-21-9-6-18/h5-6,8-9,17,19H,2-4,7,10-16H2,1H3,(H,22,25)/t17-,19-/m1/s1. The van der Waals surface area contributed by atoms with Crippen molar-refractivity contribution in [1.29, 1.82) is 0 Å². The summed E-state index contributed by atoms with van der Waals surface area (Å²) in [6.07, 6.45) is 9.66. The molecule has 1 aliphatic heterocycles. The van der Waals surface area contributed by atoms with E-state index < -0.39 is 0 Å². The van der Waals surface area contributed by atoms with Crippen LogP contribution >= 0.6 is 0 Å². The molecule has 2 aliphatic rings. The number of nitrogens with zero attached hydrogens (tertiary/aromatic N) is 3. The lowest BCUT2D eigenvalue weighted by atomic mass is 9.87. The Morgan fingerprint density at radius 2 is 1.88 bits per heavy atom. The number of hydrogen-bond acceptors (Lipinski definition) is 4. The first-order chi connectivity index (χ1) is 12.2. The fourth-order valence-electron chi connectivity index (χ4n) is 4.05. The Bertz CT molecular complexity index is 528. The van der Waals surface area contributed by atoms with Crippen LogP contribution in [0.15, 0.2) is 24.5 Å². The third kappa shape index (κ3) is 6.08. The number of pyridine rings is 1. The zero-order valence-corrected chi connectivity index (χ0v) is 15.5. The van der Waals surface area contributed by atoms with Gasteiger partial charge in [0.25, 0.3) is 0 Å². The molecular weight excluding hydrogens is 312 g/mol. The Kier molecular flexibility index (Phi) is 6.82. The molecule has 1 aliphatic carbocycles. The minimum Gasteiger partial charge on any atom is -0.352 e. The van der Waals surface area contributed by atoms with Crippen molar-refractivity contribution in [3.8, 4) is 0 Å². The molecule has 3 rings (SSSR count). The van der Waals surface area contributed by atoms with E-state index in [1.807, 2.05) is 12.4 Å². The molecule has 0 bridgehead atoms. The van der Waals surface area contributed by atoms with Crippen LogP contribution in [0.5, 0.6) is 0 Å². The van der Waals surface area contributed by atoms with Crippen molar-refractivity contribution >= 4 is 5.91 Å². The van der Waals surface area contributed by atoms with Gasteiger partial charge in [-0.15, -0.1) is 0 Å². The molecule has 1 saturated carbocycles. The highest BCUT2D eigenvalue weighted by atomic mass is 16.2. The highest BCUT2D eigenvalue weighted by molar-refractivity contribution is 5.78. The molecule has 2 fully saturated rings. The van der Waals surface area contributed by atoms with Crippen LogP contribution in [0.25, 0.3) is 0 Å². The highest BCUT2D eigenvalue weighted by Crippen LogP contribution is 2.23. The third-order valence-corrected chi connectivity index (χ3v) is 5.60. The number of amides is 1. The number of aromatic nitrogens is 1. The summed E-state index contributed by atoms with van der Waals surface area (Å²) in [5.74, 6) is 0.965. The van der Waals surface area contributed by atoms with E-state index in [1.165, 1.54) is 18.4 Å². The normalized spacial score (nSPS) is 25.6. The summed E-state index contributed by atoms with van der Waals surface area (Å²) in [5.41, 5.74) is 1.35. The number of carbonyl (C=O) groups is 1. The number of piperazine rings is 1. The predicted molar refractivity (Wildman–Crippen MR) is 100 cm³/mol. The zero-order valence-electron chi connectivity index (χ0n) is 15.5. The predicted octanol–water partition coefficient (Wildman–Crippen LogP) is 1.94. The zero-order chi connectivity index (χ0) is 17.5. The maximum absolute atomic E-state index is 12.3. The molecule has 138 valence electrons. The van der Waals surface area contributed by atoms with E-state index in [-0.39, 0.29) is 5.91 Å². The van der Waals surface area contributed by atoms with Crippen molar-refractivity contribution in [2.24, 2.45) is 5.92 Å². The minimum absolute atomic E-state index is 0.212. The number of nitrogens with one attached hydrogen (secondary N) is 1. The second kappa shape index (κ2) is 9.30. The van der Waals surface area contributed by atoms with Gasteiger partial charge in [-0.2, -0.15) is 0 Å². The quantitative estimate of drug-likeness (QED) is 0.857. The monoisotopic (exact) mass is 344 g/mol. The molecule has 1 saturated heterocycles. The Balaban J connectivity index is 1.32. The van der Waals surface area contributed by atoms with Gasteiger partial charge in [-0.05, 0) is 42.9 Å². The molecule has 1 aromatic heterocycles. The first kappa shape index (κ1) is 18.3. The smallest absolute Gasteiger partial charge is 0.234 e. The average Bonchev–Trinajstić information content (AvgIpc) is 2.62. The number of carbonyl (C=O) groups excluding carboxylic acids is 1. The minimum atomic E-state index is 0.212. The Morgan fingerprint density at radius 1 is 1.16 bits per heavy atom. The Labute approximate surface area is 151 Å². The van der Waals surface area contributed by atoms with Crippen molar-refractivity contribution in [3.63, 3.8) is 0 Å². The van der Waals surface area contributed by atoms with Crippen LogP contribution in [-0.4, -0.2) is 66.0 Å². The molecule has 1 amide bonds. The summed E-state index contributed by atoms with van der Waals surface area (Å²) < 4.78 is 0. The molecule has 2 atom stereocenters. The molecule has 0 radical (unpaired) electrons. The molecule has 25 heavy (non-hydrogen) atoms. The molecular formula is C20H32N4O. The van der Waals surface area contributed by atoms with Gasteiger partial charge in [0.05, 0.1) is 6.54 Å². The van der Waals surface area contributed by atoms with E-state index in [0.717, 1.165) is 57.9 Å². The van der Waals surface area contributed by atoms with E-state index >= 15 is 0 Å². The van der Waals surface area contributed by atoms with Crippen LogP contribution in [0.3, 0.4) is 0 Å². The van der Waals surface area contributed by atoms with E-state index in [4.69, 9.17) is 0 Å². The van der Waals surface area contributed by atoms with Gasteiger partial charge in [0, 0.05) is 51.2 Å². The average molecular weight is 345 g/mol. The summed E-state index contributed by atoms with van der Waals surface area (Å²) in [7, 11) is 0. The van der Waals surface area contributed by atoms with Crippen LogP contribution in [0.4, 0.5) is 0 Å². The van der Waals surface area contributed by atoms with Crippen LogP contribution in [0, 0.1) is 5.92 Å². The first-order valence-corrected chi connectivity index (χ1v) is 9.82. The van der Waals surface area contributed by atoms with Crippen LogP contribution in [0.1, 0.15) is 38.2 Å². The largest absolute Gasteiger partial charge is 0.352 e. The van der Waals surface area contributed by atoms with Gasteiger partial charge in [-0.25, -0.2) is 0 Å². The van der Waals surface area contributed by atoms with Gasteiger partial charge in [0.2, 0.25) is 5.91 Å². The lowest BCUT2D eigenvalue weighted by molar-refractivity contribution is -0.123. The van der Waals surface area contributed by atoms with E-state index in [9.17, 15) is 4.79 Å². The van der Waals surface area contributed by atoms with E-state index in [0.29, 0.717) is 12.6 Å². The van der Waals surface area contributed by atoms with Crippen molar-refractivity contribution in [2.45, 2.75) is 45.1 Å². The number of rotatable bonds is 6. The highest BCUT2D eigenvalue weighted by Gasteiger charge is 2.23. The molecule has 0 spiro atoms. The van der Waals surface area contributed by atoms with Crippen molar-refractivity contribution in [3.05, 3.63) is 30.1 Å². The fraction of sp³-hybridized carbons (Fsp3) is 0.700. The van der Waals surface area contributed by atoms with Gasteiger partial charge >= 0.3 is 0 Å². The molecule has 0 aromatic carbocycles. The number of hydrogen-bond donors (Lipinski definition) is 1. The molecule has 1 N–H and O–H groups in total.